The fraction of sp³-hybridized carbons (Fsp3) is 0.0556. The molecule has 1 atom stereocenters. The topological polar surface area (TPSA) is 85.6 Å². The van der Waals surface area contributed by atoms with Gasteiger partial charge in [0.25, 0.3) is 0 Å². The summed E-state index contributed by atoms with van der Waals surface area (Å²) in [6, 6.07) is 16.4. The summed E-state index contributed by atoms with van der Waals surface area (Å²) < 4.78 is 2.15. The largest absolute Gasteiger partial charge is 0.330 e. The number of nitrogens with zero attached hydrogens (tertiary/aromatic N) is 5. The van der Waals surface area contributed by atoms with Crippen molar-refractivity contribution in [1.82, 2.24) is 25.0 Å². The number of nitrogens with one attached hydrogen (secondary N) is 1. The summed E-state index contributed by atoms with van der Waals surface area (Å²) in [5.41, 5.74) is 1.41. The van der Waals surface area contributed by atoms with Gasteiger partial charge in [-0.15, -0.1) is 10.2 Å². The molecule has 140 valence electrons. The number of hydrogen-bond donors (Lipinski definition) is 1. The molecule has 1 N–H and O–H groups in total. The Morgan fingerprint density at radius 2 is 2.00 bits per heavy atom. The molecule has 0 bridgehead atoms. The van der Waals surface area contributed by atoms with Crippen LogP contribution in [0.15, 0.2) is 71.6 Å². The van der Waals surface area contributed by atoms with E-state index in [-0.39, 0.29) is 5.78 Å². The second-order valence-corrected chi connectivity index (χ2v) is 8.33. The van der Waals surface area contributed by atoms with Gasteiger partial charge < -0.3 is 5.32 Å². The van der Waals surface area contributed by atoms with Crippen LogP contribution >= 0.6 is 34.7 Å². The molecule has 0 aliphatic heterocycles. The highest BCUT2D eigenvalue weighted by atomic mass is 35.5. The molecule has 2 aromatic heterocycles. The maximum atomic E-state index is 13.0. The average Bonchev–Trinajstić information content (AvgIpc) is 3.38. The fourth-order valence-corrected chi connectivity index (χ4v) is 4.53. The van der Waals surface area contributed by atoms with E-state index >= 15 is 0 Å². The van der Waals surface area contributed by atoms with Crippen molar-refractivity contribution in [3.8, 4) is 0 Å². The molecule has 0 saturated carbocycles. The van der Waals surface area contributed by atoms with Crippen molar-refractivity contribution in [2.24, 2.45) is 0 Å². The summed E-state index contributed by atoms with van der Waals surface area (Å²) in [5, 5.41) is 16.2. The molecule has 0 amide bonds. The molecule has 0 aliphatic carbocycles. The molecule has 0 saturated heterocycles. The van der Waals surface area contributed by atoms with Gasteiger partial charge in [0.15, 0.2) is 15.5 Å². The number of rotatable bonds is 7. The zero-order chi connectivity index (χ0) is 19.3. The lowest BCUT2D eigenvalue weighted by Crippen LogP contribution is -2.17. The van der Waals surface area contributed by atoms with Gasteiger partial charge in [0.1, 0.15) is 12.7 Å². The first-order valence-corrected chi connectivity index (χ1v) is 10.2. The number of benzene rings is 2. The zero-order valence-corrected chi connectivity index (χ0v) is 16.7. The normalized spacial score (nSPS) is 11.9. The highest BCUT2D eigenvalue weighted by Gasteiger charge is 2.25. The molecule has 0 radical (unpaired) electrons. The maximum Gasteiger partial charge on any atom is 0.210 e. The minimum absolute atomic E-state index is 0.0874. The molecular formula is C18H13ClN6OS2. The molecule has 7 nitrogen and oxygen atoms in total. The number of carbonyl (C=O) groups is 1. The molecular weight excluding hydrogens is 416 g/mol. The Hall–Kier alpha value is -2.75. The third-order valence-electron chi connectivity index (χ3n) is 3.65. The van der Waals surface area contributed by atoms with Crippen LogP contribution in [0.1, 0.15) is 15.7 Å². The van der Waals surface area contributed by atoms with Gasteiger partial charge >= 0.3 is 0 Å². The third kappa shape index (κ3) is 4.38. The van der Waals surface area contributed by atoms with Crippen molar-refractivity contribution in [3.63, 3.8) is 0 Å². The molecule has 4 rings (SSSR count). The van der Waals surface area contributed by atoms with Crippen LogP contribution in [0.3, 0.4) is 0 Å². The van der Waals surface area contributed by atoms with Crippen molar-refractivity contribution in [2.75, 3.05) is 5.32 Å². The molecule has 4 aromatic rings. The smallest absolute Gasteiger partial charge is 0.210 e. The number of halogens is 1. The van der Waals surface area contributed by atoms with Crippen LogP contribution in [0, 0.1) is 0 Å². The lowest BCUT2D eigenvalue weighted by atomic mass is 10.1. The van der Waals surface area contributed by atoms with Gasteiger partial charge in [-0.1, -0.05) is 71.1 Å². The van der Waals surface area contributed by atoms with E-state index in [1.54, 1.807) is 24.3 Å². The maximum absolute atomic E-state index is 13.0. The van der Waals surface area contributed by atoms with E-state index in [4.69, 9.17) is 11.6 Å². The van der Waals surface area contributed by atoms with E-state index in [1.807, 2.05) is 30.3 Å². The number of hydrogen-bond acceptors (Lipinski definition) is 8. The van der Waals surface area contributed by atoms with Gasteiger partial charge in [-0.2, -0.15) is 5.10 Å². The van der Waals surface area contributed by atoms with E-state index in [0.717, 1.165) is 5.69 Å². The Bertz CT molecular complexity index is 1070. The molecule has 10 heteroatoms. The van der Waals surface area contributed by atoms with E-state index in [9.17, 15) is 4.79 Å². The lowest BCUT2D eigenvalue weighted by molar-refractivity contribution is 0.0962. The molecule has 2 heterocycles. The SMILES string of the molecule is O=C(c1ccccc1)[C@@H](Sc1nnc(Nc2cccc(Cl)c2)s1)n1cncn1. The van der Waals surface area contributed by atoms with Gasteiger partial charge in [0.2, 0.25) is 5.13 Å². The molecule has 0 unspecified atom stereocenters. The average molecular weight is 429 g/mol. The number of carbonyl (C=O) groups excluding carboxylic acids is 1. The van der Waals surface area contributed by atoms with Gasteiger partial charge in [0.05, 0.1) is 0 Å². The van der Waals surface area contributed by atoms with Gasteiger partial charge in [-0.05, 0) is 18.2 Å². The van der Waals surface area contributed by atoms with Crippen LogP contribution in [0.4, 0.5) is 10.8 Å². The molecule has 2 aromatic carbocycles. The Morgan fingerprint density at radius 1 is 1.14 bits per heavy atom. The van der Waals surface area contributed by atoms with Gasteiger partial charge in [0, 0.05) is 16.3 Å². The third-order valence-corrected chi connectivity index (χ3v) is 6.00. The molecule has 0 fully saturated rings. The van der Waals surface area contributed by atoms with Crippen LogP contribution in [-0.4, -0.2) is 30.7 Å². The monoisotopic (exact) mass is 428 g/mol. The minimum Gasteiger partial charge on any atom is -0.330 e. The summed E-state index contributed by atoms with van der Waals surface area (Å²) in [6.45, 7) is 0. The predicted octanol–water partition coefficient (Wildman–Crippen LogP) is 4.70. The fourth-order valence-electron chi connectivity index (χ4n) is 2.40. The van der Waals surface area contributed by atoms with Crippen LogP contribution in [0.5, 0.6) is 0 Å². The first-order chi connectivity index (χ1) is 13.7. The van der Waals surface area contributed by atoms with Crippen LogP contribution < -0.4 is 5.32 Å². The van der Waals surface area contributed by atoms with Gasteiger partial charge in [-0.3, -0.25) is 4.79 Å². The van der Waals surface area contributed by atoms with Crippen molar-refractivity contribution in [2.45, 2.75) is 9.71 Å². The van der Waals surface area contributed by atoms with Crippen molar-refractivity contribution in [3.05, 3.63) is 77.8 Å². The molecule has 0 spiro atoms. The highest BCUT2D eigenvalue weighted by Crippen LogP contribution is 2.36. The number of aromatic nitrogens is 5. The lowest BCUT2D eigenvalue weighted by Gasteiger charge is -2.13. The predicted molar refractivity (Wildman–Crippen MR) is 110 cm³/mol. The van der Waals surface area contributed by atoms with Gasteiger partial charge in [-0.25, -0.2) is 9.67 Å². The van der Waals surface area contributed by atoms with Crippen LogP contribution in [0.2, 0.25) is 5.02 Å². The summed E-state index contributed by atoms with van der Waals surface area (Å²) in [6.07, 6.45) is 2.92. The van der Waals surface area contributed by atoms with Crippen LogP contribution in [0.25, 0.3) is 0 Å². The summed E-state index contributed by atoms with van der Waals surface area (Å²) in [4.78, 5) is 17.0. The first-order valence-electron chi connectivity index (χ1n) is 8.15. The number of Topliss-reactive ketones (excluding diaryl/α,β-unsaturated/α-hetero) is 1. The van der Waals surface area contributed by atoms with Crippen molar-refractivity contribution in [1.29, 1.82) is 0 Å². The Morgan fingerprint density at radius 3 is 2.75 bits per heavy atom. The van der Waals surface area contributed by atoms with E-state index in [1.165, 1.54) is 40.4 Å². The second kappa shape index (κ2) is 8.51. The van der Waals surface area contributed by atoms with Crippen LogP contribution in [-0.2, 0) is 0 Å². The highest BCUT2D eigenvalue weighted by molar-refractivity contribution is 8.01. The zero-order valence-electron chi connectivity index (χ0n) is 14.3. The number of thioether (sulfide) groups is 1. The van der Waals surface area contributed by atoms with E-state index in [0.29, 0.717) is 20.1 Å². The van der Waals surface area contributed by atoms with Crippen molar-refractivity contribution < 1.29 is 4.79 Å². The number of ketones is 1. The van der Waals surface area contributed by atoms with E-state index in [2.05, 4.69) is 25.6 Å². The second-order valence-electron chi connectivity index (χ2n) is 5.58. The van der Waals surface area contributed by atoms with E-state index < -0.39 is 5.37 Å². The number of anilines is 2. The Kier molecular flexibility index (Phi) is 5.65. The first kappa shape index (κ1) is 18.6. The summed E-state index contributed by atoms with van der Waals surface area (Å²) in [7, 11) is 0. The summed E-state index contributed by atoms with van der Waals surface area (Å²) in [5.74, 6) is -0.0874. The Labute approximate surface area is 173 Å². The summed E-state index contributed by atoms with van der Waals surface area (Å²) >= 11 is 8.62. The quantitative estimate of drug-likeness (QED) is 0.337. The standard InChI is InChI=1S/C18H13ClN6OS2/c19-13-7-4-8-14(9-13)22-17-23-24-18(28-17)27-16(25-11-20-10-21-25)15(26)12-5-2-1-3-6-12/h1-11,16H,(H,22,23)/t16-/m1/s1. The minimum atomic E-state index is -0.628. The Balaban J connectivity index is 1.54. The molecule has 0 aliphatic rings. The van der Waals surface area contributed by atoms with Crippen molar-refractivity contribution >= 4 is 51.3 Å². The molecule has 28 heavy (non-hydrogen) atoms.